The molecule has 1 aliphatic heterocycles. The van der Waals surface area contributed by atoms with Gasteiger partial charge < -0.3 is 5.32 Å². The molecule has 2 heterocycles. The lowest BCUT2D eigenvalue weighted by Gasteiger charge is -2.15. The number of hydrogen-bond acceptors (Lipinski definition) is 4. The third-order valence-corrected chi connectivity index (χ3v) is 3.88. The van der Waals surface area contributed by atoms with Crippen LogP contribution in [0.1, 0.15) is 22.8 Å². The fourth-order valence-corrected chi connectivity index (χ4v) is 2.67. The maximum absolute atomic E-state index is 12.3. The molecular weight excluding hydrogens is 320 g/mol. The first-order valence-corrected chi connectivity index (χ1v) is 7.94. The van der Waals surface area contributed by atoms with Gasteiger partial charge in [0.05, 0.1) is 0 Å². The Balaban J connectivity index is 1.61. The summed E-state index contributed by atoms with van der Waals surface area (Å²) in [6.07, 6.45) is 4.18. The van der Waals surface area contributed by atoms with Crippen LogP contribution in [0.15, 0.2) is 48.8 Å². The van der Waals surface area contributed by atoms with E-state index >= 15 is 0 Å². The Kier molecular flexibility index (Phi) is 4.74. The van der Waals surface area contributed by atoms with Crippen LogP contribution in [0, 0.1) is 0 Å². The Hall–Kier alpha value is -3.22. The van der Waals surface area contributed by atoms with Crippen LogP contribution in [-0.4, -0.2) is 35.4 Å². The van der Waals surface area contributed by atoms with Crippen molar-refractivity contribution >= 4 is 23.5 Å². The number of rotatable bonds is 5. The van der Waals surface area contributed by atoms with E-state index in [0.29, 0.717) is 17.7 Å². The van der Waals surface area contributed by atoms with E-state index in [9.17, 15) is 14.4 Å². The fraction of sp³-hybridized carbons (Fsp3) is 0.222. The number of nitrogens with one attached hydrogen (secondary N) is 2. The lowest BCUT2D eigenvalue weighted by atomic mass is 10.1. The number of carbonyl (C=O) groups is 3. The Morgan fingerprint density at radius 3 is 2.64 bits per heavy atom. The Morgan fingerprint density at radius 1 is 1.28 bits per heavy atom. The second-order valence-electron chi connectivity index (χ2n) is 5.93. The van der Waals surface area contributed by atoms with Crippen molar-refractivity contribution in [3.05, 3.63) is 59.9 Å². The minimum Gasteiger partial charge on any atom is -0.349 e. The van der Waals surface area contributed by atoms with Crippen molar-refractivity contribution < 1.29 is 14.4 Å². The van der Waals surface area contributed by atoms with E-state index in [-0.39, 0.29) is 24.4 Å². The average molecular weight is 338 g/mol. The van der Waals surface area contributed by atoms with E-state index in [1.54, 1.807) is 36.7 Å². The number of urea groups is 1. The second kappa shape index (κ2) is 7.12. The molecule has 7 heteroatoms. The molecule has 1 aromatic heterocycles. The van der Waals surface area contributed by atoms with E-state index in [4.69, 9.17) is 0 Å². The summed E-state index contributed by atoms with van der Waals surface area (Å²) in [5.74, 6) is -0.527. The van der Waals surface area contributed by atoms with Gasteiger partial charge in [0.25, 0.3) is 5.91 Å². The molecule has 0 spiro atoms. The highest BCUT2D eigenvalue weighted by Gasteiger charge is 2.27. The molecule has 0 radical (unpaired) electrons. The third-order valence-electron chi connectivity index (χ3n) is 3.88. The van der Waals surface area contributed by atoms with E-state index in [1.807, 2.05) is 19.1 Å². The van der Waals surface area contributed by atoms with Crippen LogP contribution in [0.4, 0.5) is 10.5 Å². The van der Waals surface area contributed by atoms with Gasteiger partial charge >= 0.3 is 6.03 Å². The summed E-state index contributed by atoms with van der Waals surface area (Å²) in [6, 6.07) is 9.91. The van der Waals surface area contributed by atoms with E-state index in [1.165, 1.54) is 4.90 Å². The number of carbonyl (C=O) groups excluding carboxylic acids is 3. The lowest BCUT2D eigenvalue weighted by Crippen LogP contribution is -2.34. The molecule has 2 aromatic rings. The van der Waals surface area contributed by atoms with Crippen molar-refractivity contribution in [2.75, 3.05) is 11.4 Å². The number of aromatic nitrogens is 1. The molecule has 128 valence electrons. The number of pyridine rings is 1. The minimum atomic E-state index is -0.452. The smallest absolute Gasteiger partial charge is 0.329 e. The Bertz CT molecular complexity index is 790. The number of benzene rings is 1. The maximum Gasteiger partial charge on any atom is 0.329 e. The molecule has 3 rings (SSSR count). The predicted molar refractivity (Wildman–Crippen MR) is 92.2 cm³/mol. The third kappa shape index (κ3) is 4.00. The van der Waals surface area contributed by atoms with Gasteiger partial charge in [-0.3, -0.25) is 24.8 Å². The molecule has 1 aromatic carbocycles. The van der Waals surface area contributed by atoms with Crippen LogP contribution < -0.4 is 15.5 Å². The van der Waals surface area contributed by atoms with Gasteiger partial charge in [0, 0.05) is 29.7 Å². The zero-order valence-corrected chi connectivity index (χ0v) is 13.7. The minimum absolute atomic E-state index is 0.00742. The van der Waals surface area contributed by atoms with Gasteiger partial charge in [-0.2, -0.15) is 0 Å². The average Bonchev–Trinajstić information content (AvgIpc) is 2.94. The number of nitrogens with zero attached hydrogens (tertiary/aromatic N) is 2. The standard InChI is InChI=1S/C18H18N4O3/c1-12(9-13-3-2-8-19-10-13)20-17(24)14-4-6-15(7-5-14)22-11-16(23)21-18(22)25/h2-8,10,12H,9,11H2,1H3,(H,20,24)(H,21,23,25). The number of imide groups is 1. The van der Waals surface area contributed by atoms with E-state index in [2.05, 4.69) is 15.6 Å². The first-order chi connectivity index (χ1) is 12.0. The van der Waals surface area contributed by atoms with E-state index < -0.39 is 6.03 Å². The van der Waals surface area contributed by atoms with Crippen LogP contribution in [0.25, 0.3) is 0 Å². The highest BCUT2D eigenvalue weighted by molar-refractivity contribution is 6.12. The monoisotopic (exact) mass is 338 g/mol. The Labute approximate surface area is 145 Å². The molecule has 0 bridgehead atoms. The summed E-state index contributed by atoms with van der Waals surface area (Å²) in [4.78, 5) is 40.6. The van der Waals surface area contributed by atoms with Crippen LogP contribution in [0.2, 0.25) is 0 Å². The number of amides is 4. The molecule has 1 aliphatic rings. The molecule has 1 saturated heterocycles. The molecular formula is C18H18N4O3. The van der Waals surface area contributed by atoms with Gasteiger partial charge in [0.1, 0.15) is 6.54 Å². The van der Waals surface area contributed by atoms with Crippen molar-refractivity contribution in [3.63, 3.8) is 0 Å². The van der Waals surface area contributed by atoms with Crippen LogP contribution >= 0.6 is 0 Å². The molecule has 0 saturated carbocycles. The van der Waals surface area contributed by atoms with E-state index in [0.717, 1.165) is 5.56 Å². The summed E-state index contributed by atoms with van der Waals surface area (Å²) in [5.41, 5.74) is 2.12. The second-order valence-corrected chi connectivity index (χ2v) is 5.93. The topological polar surface area (TPSA) is 91.4 Å². The highest BCUT2D eigenvalue weighted by atomic mass is 16.2. The molecule has 1 fully saturated rings. The van der Waals surface area contributed by atoms with Crippen molar-refractivity contribution in [1.82, 2.24) is 15.6 Å². The molecule has 25 heavy (non-hydrogen) atoms. The zero-order chi connectivity index (χ0) is 17.8. The molecule has 7 nitrogen and oxygen atoms in total. The molecule has 0 aliphatic carbocycles. The number of hydrogen-bond donors (Lipinski definition) is 2. The van der Waals surface area contributed by atoms with Gasteiger partial charge in [-0.05, 0) is 49.2 Å². The number of anilines is 1. The van der Waals surface area contributed by atoms with Crippen LogP contribution in [0.5, 0.6) is 0 Å². The van der Waals surface area contributed by atoms with Gasteiger partial charge in [0.15, 0.2) is 0 Å². The Morgan fingerprint density at radius 2 is 2.04 bits per heavy atom. The summed E-state index contributed by atoms with van der Waals surface area (Å²) >= 11 is 0. The van der Waals surface area contributed by atoms with Gasteiger partial charge in [-0.1, -0.05) is 6.07 Å². The summed E-state index contributed by atoms with van der Waals surface area (Å²) in [5, 5.41) is 5.15. The lowest BCUT2D eigenvalue weighted by molar-refractivity contribution is -0.117. The van der Waals surface area contributed by atoms with Crippen molar-refractivity contribution in [1.29, 1.82) is 0 Å². The first kappa shape index (κ1) is 16.6. The largest absolute Gasteiger partial charge is 0.349 e. The van der Waals surface area contributed by atoms with Crippen molar-refractivity contribution in [3.8, 4) is 0 Å². The van der Waals surface area contributed by atoms with Gasteiger partial charge in [-0.25, -0.2) is 4.79 Å². The van der Waals surface area contributed by atoms with Crippen LogP contribution in [0.3, 0.4) is 0 Å². The van der Waals surface area contributed by atoms with Gasteiger partial charge in [0.2, 0.25) is 5.91 Å². The van der Waals surface area contributed by atoms with Crippen molar-refractivity contribution in [2.45, 2.75) is 19.4 Å². The molecule has 4 amide bonds. The van der Waals surface area contributed by atoms with Gasteiger partial charge in [-0.15, -0.1) is 0 Å². The highest BCUT2D eigenvalue weighted by Crippen LogP contribution is 2.17. The normalized spacial score (nSPS) is 15.0. The first-order valence-electron chi connectivity index (χ1n) is 7.94. The SMILES string of the molecule is CC(Cc1cccnc1)NC(=O)c1ccc(N2CC(=O)NC2=O)cc1. The maximum atomic E-state index is 12.3. The predicted octanol–water partition coefficient (Wildman–Crippen LogP) is 1.50. The summed E-state index contributed by atoms with van der Waals surface area (Å²) < 4.78 is 0. The fourth-order valence-electron chi connectivity index (χ4n) is 2.67. The van der Waals surface area contributed by atoms with Crippen LogP contribution in [-0.2, 0) is 11.2 Å². The summed E-state index contributed by atoms with van der Waals surface area (Å²) in [7, 11) is 0. The molecule has 2 N–H and O–H groups in total. The summed E-state index contributed by atoms with van der Waals surface area (Å²) in [6.45, 7) is 1.92. The van der Waals surface area contributed by atoms with Crippen molar-refractivity contribution in [2.24, 2.45) is 0 Å². The zero-order valence-electron chi connectivity index (χ0n) is 13.7. The quantitative estimate of drug-likeness (QED) is 0.808. The molecule has 1 unspecified atom stereocenters. The molecule has 1 atom stereocenters.